The van der Waals surface area contributed by atoms with Gasteiger partial charge in [-0.15, -0.1) is 12.8 Å². The Labute approximate surface area is 609 Å². The lowest BCUT2D eigenvalue weighted by molar-refractivity contribution is -0.141. The van der Waals surface area contributed by atoms with Gasteiger partial charge in [0.15, 0.2) is 25.1 Å². The van der Waals surface area contributed by atoms with Gasteiger partial charge in [-0.1, -0.05) is 24.7 Å². The lowest BCUT2D eigenvalue weighted by Crippen LogP contribution is -2.54. The molecule has 0 aromatic carbocycles. The average molecular weight is 1470 g/mol. The molecule has 1 aliphatic heterocycles. The molecule has 0 bridgehead atoms. The fourth-order valence-corrected chi connectivity index (χ4v) is 9.79. The lowest BCUT2D eigenvalue weighted by atomic mass is 9.98. The Hall–Kier alpha value is -9.81. The standard InChI is InChI=1S/C68H114N18O18/c1-11-38-101-63(98)77-33-16-13-14-20-47(57(94)74-37-43-100-40-28-53(90)80-46(22-18-35-75-61(70)71)58(95)79-44-50(69)87)83-59(96)48(23-19-36-76-62(72)73)81-51(88)26-29-68(9,10)104-42-32-66(5,6)85-60(97)49(21-15-17-34-78-64(99)102-39-12-2)82-52(89)27-30-67(7,8)103-41-31-65(3,4)84-54(91)45-86-55(92)24-25-56(86)93/h1-2,24-25,46-49H,13-23,26-45H2,3-10H3,(H2,69,87)(H,74,94)(H,77,98)(H,78,99)(H,79,95)(H,80,90)(H,81,88)(H,82,89)(H,83,96)(H,84,91)(H,85,97)(H4,70,71,75)(H4,72,73,76)/t46-,47-,48-,49-/m0/s1. The van der Waals surface area contributed by atoms with Crippen LogP contribution in [0.2, 0.25) is 0 Å². The van der Waals surface area contributed by atoms with Crippen LogP contribution >= 0.6 is 0 Å². The van der Waals surface area contributed by atoms with E-state index < -0.39 is 137 Å². The van der Waals surface area contributed by atoms with E-state index in [0.717, 1.165) is 17.1 Å². The van der Waals surface area contributed by atoms with Gasteiger partial charge in [-0.2, -0.15) is 0 Å². The van der Waals surface area contributed by atoms with Gasteiger partial charge in [-0.3, -0.25) is 68.5 Å². The maximum Gasteiger partial charge on any atom is 0.408 e. The third-order valence-corrected chi connectivity index (χ3v) is 15.7. The fraction of sp³-hybridized carbons (Fsp3) is 0.691. The van der Waals surface area contributed by atoms with Gasteiger partial charge >= 0.3 is 12.2 Å². The number of nitrogens with zero attached hydrogens (tertiary/aromatic N) is 1. The Balaban J connectivity index is 3.08. The number of hydrogen-bond donors (Lipinski definition) is 17. The van der Waals surface area contributed by atoms with Gasteiger partial charge in [0.25, 0.3) is 11.8 Å². The van der Waals surface area contributed by atoms with Gasteiger partial charge in [-0.05, 0) is 139 Å². The van der Waals surface area contributed by atoms with Gasteiger partial charge in [0.05, 0.1) is 31.0 Å². The highest BCUT2D eigenvalue weighted by Crippen LogP contribution is 2.22. The van der Waals surface area contributed by atoms with E-state index in [1.807, 2.05) is 0 Å². The number of unbranched alkanes of at least 4 members (excludes halogenated alkanes) is 3. The Morgan fingerprint density at radius 3 is 1.36 bits per heavy atom. The summed E-state index contributed by atoms with van der Waals surface area (Å²) in [7, 11) is 0. The van der Waals surface area contributed by atoms with Crippen LogP contribution in [0.3, 0.4) is 0 Å². The predicted octanol–water partition coefficient (Wildman–Crippen LogP) is -1.33. The number of rotatable bonds is 55. The van der Waals surface area contributed by atoms with E-state index in [-0.39, 0.29) is 155 Å². The highest BCUT2D eigenvalue weighted by atomic mass is 16.6. The molecule has 36 nitrogen and oxygen atoms in total. The van der Waals surface area contributed by atoms with Crippen molar-refractivity contribution in [3.05, 3.63) is 12.2 Å². The van der Waals surface area contributed by atoms with Crippen molar-refractivity contribution in [3.63, 3.8) is 0 Å². The van der Waals surface area contributed by atoms with Crippen LogP contribution in [0, 0.1) is 35.5 Å². The first-order valence-corrected chi connectivity index (χ1v) is 34.8. The minimum absolute atomic E-state index is 0.0187. The Kier molecular flexibility index (Phi) is 44.1. The van der Waals surface area contributed by atoms with Crippen molar-refractivity contribution in [1.29, 1.82) is 10.8 Å². The summed E-state index contributed by atoms with van der Waals surface area (Å²) >= 11 is 0. The SMILES string of the molecule is C#CCOC(=O)NCCCCC[C@H](NC(=O)[C@H](CCCNC(=N)N)NC(=O)CCC(C)(C)OCCC(C)(C)NC(=O)[C@H](CCCCNC(=O)OCC#C)NC(=O)CCC(C)(C)OCCC(C)(C)NC(=O)CN1C(=O)C=CC1=O)C(=O)NCCOCCC(=O)N[C@@H](CCCNC(=N)N)C(=O)NCC(N)=O. The summed E-state index contributed by atoms with van der Waals surface area (Å²) in [6, 6.07) is -4.33. The number of carbonyl (C=O) groups excluding carboxylic acids is 13. The summed E-state index contributed by atoms with van der Waals surface area (Å²) in [6.07, 6.45) is 15.2. The fourth-order valence-electron chi connectivity index (χ4n) is 9.79. The highest BCUT2D eigenvalue weighted by molar-refractivity contribution is 6.14. The second-order valence-corrected chi connectivity index (χ2v) is 27.1. The number of terminal acetylenes is 2. The van der Waals surface area contributed by atoms with Crippen molar-refractivity contribution in [3.8, 4) is 24.7 Å². The molecule has 0 saturated heterocycles. The minimum atomic E-state index is -1.17. The molecular weight excluding hydrogens is 1360 g/mol. The highest BCUT2D eigenvalue weighted by Gasteiger charge is 2.33. The molecule has 0 aliphatic carbocycles. The van der Waals surface area contributed by atoms with Crippen molar-refractivity contribution in [1.82, 2.24) is 68.7 Å². The van der Waals surface area contributed by atoms with E-state index in [9.17, 15) is 62.3 Å². The van der Waals surface area contributed by atoms with Crippen LogP contribution in [0.5, 0.6) is 0 Å². The van der Waals surface area contributed by atoms with E-state index in [4.69, 9.17) is 64.6 Å². The molecule has 0 fully saturated rings. The zero-order chi connectivity index (χ0) is 78.3. The van der Waals surface area contributed by atoms with Gasteiger partial charge in [0.1, 0.15) is 30.7 Å². The van der Waals surface area contributed by atoms with Crippen molar-refractivity contribution in [2.24, 2.45) is 17.2 Å². The summed E-state index contributed by atoms with van der Waals surface area (Å²) in [5.41, 5.74) is 12.6. The third kappa shape index (κ3) is 45.2. The molecule has 0 unspecified atom stereocenters. The van der Waals surface area contributed by atoms with Crippen LogP contribution < -0.4 is 81.0 Å². The molecule has 36 heteroatoms. The molecular formula is C68H114N18O18. The van der Waals surface area contributed by atoms with Crippen LogP contribution in [0.1, 0.15) is 171 Å². The summed E-state index contributed by atoms with van der Waals surface area (Å²) in [4.78, 5) is 168. The number of carbonyl (C=O) groups is 13. The van der Waals surface area contributed by atoms with Crippen LogP contribution in [0.15, 0.2) is 12.2 Å². The monoisotopic (exact) mass is 1470 g/mol. The molecule has 1 aliphatic rings. The molecule has 0 spiro atoms. The lowest BCUT2D eigenvalue weighted by Gasteiger charge is -2.32. The Bertz CT molecular complexity index is 2960. The number of ether oxygens (including phenoxy) is 5. The number of guanidine groups is 2. The summed E-state index contributed by atoms with van der Waals surface area (Å²) in [6.45, 7) is 13.9. The zero-order valence-corrected chi connectivity index (χ0v) is 61.6. The number of primary amides is 1. The Morgan fingerprint density at radius 2 is 0.875 bits per heavy atom. The predicted molar refractivity (Wildman–Crippen MR) is 383 cm³/mol. The first-order valence-electron chi connectivity index (χ1n) is 34.8. The molecule has 1 heterocycles. The molecule has 104 heavy (non-hydrogen) atoms. The van der Waals surface area contributed by atoms with Crippen molar-refractivity contribution < 1.29 is 86.0 Å². The van der Waals surface area contributed by atoms with Crippen LogP contribution in [-0.4, -0.2) is 226 Å². The van der Waals surface area contributed by atoms with E-state index in [1.165, 1.54) is 0 Å². The quantitative estimate of drug-likeness (QED) is 0.0110. The van der Waals surface area contributed by atoms with E-state index in [1.54, 1.807) is 55.4 Å². The summed E-state index contributed by atoms with van der Waals surface area (Å²) in [5, 5.41) is 47.3. The second kappa shape index (κ2) is 49.7. The zero-order valence-electron chi connectivity index (χ0n) is 61.6. The Morgan fingerprint density at radius 1 is 0.462 bits per heavy atom. The third-order valence-electron chi connectivity index (χ3n) is 15.7. The maximum atomic E-state index is 14.2. The number of amides is 13. The number of imide groups is 1. The van der Waals surface area contributed by atoms with Crippen molar-refractivity contribution in [2.45, 2.75) is 217 Å². The topological polar surface area (TPSA) is 541 Å². The minimum Gasteiger partial charge on any atom is -0.436 e. The molecule has 0 aromatic heterocycles. The number of nitrogens with one attached hydrogen (secondary N) is 14. The molecule has 4 atom stereocenters. The average Bonchev–Trinajstić information content (AvgIpc) is 1.60. The van der Waals surface area contributed by atoms with Gasteiger partial charge in [0.2, 0.25) is 53.2 Å². The summed E-state index contributed by atoms with van der Waals surface area (Å²) < 4.78 is 27.7. The summed E-state index contributed by atoms with van der Waals surface area (Å²) in [5.74, 6) is -2.51. The van der Waals surface area contributed by atoms with E-state index >= 15 is 0 Å². The first kappa shape index (κ1) is 92.2. The normalized spacial score (nSPS) is 13.2. The second-order valence-electron chi connectivity index (χ2n) is 27.1. The van der Waals surface area contributed by atoms with Gasteiger partial charge in [0, 0.05) is 88.4 Å². The van der Waals surface area contributed by atoms with Crippen molar-refractivity contribution >= 4 is 89.1 Å². The first-order chi connectivity index (χ1) is 48.9. The van der Waals surface area contributed by atoms with E-state index in [0.29, 0.717) is 44.9 Å². The van der Waals surface area contributed by atoms with Crippen LogP contribution in [0.25, 0.3) is 0 Å². The van der Waals surface area contributed by atoms with Crippen molar-refractivity contribution in [2.75, 3.05) is 85.5 Å². The van der Waals surface area contributed by atoms with Crippen LogP contribution in [0.4, 0.5) is 9.59 Å². The smallest absolute Gasteiger partial charge is 0.408 e. The molecule has 1 rings (SSSR count). The number of alkyl carbamates (subject to hydrolysis) is 2. The molecule has 0 saturated carbocycles. The van der Waals surface area contributed by atoms with Crippen LogP contribution in [-0.2, 0) is 76.4 Å². The molecule has 13 amide bonds. The maximum absolute atomic E-state index is 14.2. The largest absolute Gasteiger partial charge is 0.436 e. The molecule has 584 valence electrons. The molecule has 20 N–H and O–H groups in total. The molecule has 0 radical (unpaired) electrons. The van der Waals surface area contributed by atoms with Gasteiger partial charge in [-0.25, -0.2) is 9.59 Å². The van der Waals surface area contributed by atoms with Gasteiger partial charge < -0.3 is 105 Å². The number of hydrogen-bond acceptors (Lipinski definition) is 20. The van der Waals surface area contributed by atoms with E-state index in [2.05, 4.69) is 75.6 Å². The number of nitrogens with two attached hydrogens (primary N) is 3. The molecule has 0 aromatic rings.